The highest BCUT2D eigenvalue weighted by atomic mass is 35.5. The molecule has 0 rings (SSSR count). The number of thioether (sulfide) groups is 2. The molecule has 0 fully saturated rings. The maximum Gasteiger partial charge on any atom is 0.0940 e. The first-order valence-electron chi connectivity index (χ1n) is 4.69. The molecule has 0 aliphatic carbocycles. The van der Waals surface area contributed by atoms with Crippen LogP contribution in [0.4, 0.5) is 0 Å². The predicted octanol–water partition coefficient (Wildman–Crippen LogP) is 6.56. The van der Waals surface area contributed by atoms with Crippen LogP contribution in [0.3, 0.4) is 0 Å². The Hall–Kier alpha value is 1.34. The van der Waals surface area contributed by atoms with Crippen LogP contribution in [0.15, 0.2) is 18.8 Å². The minimum Gasteiger partial charge on any atom is -0.110 e. The molecule has 0 spiro atoms. The van der Waals surface area contributed by atoms with Crippen LogP contribution in [0.1, 0.15) is 27.7 Å². The fourth-order valence-corrected chi connectivity index (χ4v) is 3.85. The summed E-state index contributed by atoms with van der Waals surface area (Å²) in [6.45, 7) is 8.11. The van der Waals surface area contributed by atoms with Gasteiger partial charge in [0.25, 0.3) is 0 Å². The van der Waals surface area contributed by atoms with Crippen LogP contribution in [-0.4, -0.2) is 10.5 Å². The van der Waals surface area contributed by atoms with Crippen molar-refractivity contribution < 1.29 is 0 Å². The molecule has 16 heavy (non-hydrogen) atoms. The second kappa shape index (κ2) is 8.44. The van der Waals surface area contributed by atoms with Crippen LogP contribution in [0.25, 0.3) is 0 Å². The van der Waals surface area contributed by atoms with Gasteiger partial charge in [-0.1, -0.05) is 74.1 Å². The SMILES string of the molecule is CC(C)S/C(Cl)=C(Cl)\C(Cl)=C(\Cl)SC(C)C. The zero-order valence-electron chi connectivity index (χ0n) is 9.48. The highest BCUT2D eigenvalue weighted by molar-refractivity contribution is 8.05. The number of allylic oxidation sites excluding steroid dienone is 2. The number of halogens is 4. The summed E-state index contributed by atoms with van der Waals surface area (Å²) >= 11 is 27.0. The third-order valence-electron chi connectivity index (χ3n) is 1.22. The van der Waals surface area contributed by atoms with Gasteiger partial charge in [-0.15, -0.1) is 23.5 Å². The molecule has 0 saturated carbocycles. The summed E-state index contributed by atoms with van der Waals surface area (Å²) in [7, 11) is 0. The van der Waals surface area contributed by atoms with Gasteiger partial charge in [0.2, 0.25) is 0 Å². The molecule has 0 aromatic rings. The van der Waals surface area contributed by atoms with Gasteiger partial charge >= 0.3 is 0 Å². The zero-order chi connectivity index (χ0) is 12.9. The van der Waals surface area contributed by atoms with Crippen molar-refractivity contribution in [3.05, 3.63) is 18.8 Å². The topological polar surface area (TPSA) is 0 Å². The van der Waals surface area contributed by atoms with Crippen LogP contribution < -0.4 is 0 Å². The smallest absolute Gasteiger partial charge is 0.0940 e. The van der Waals surface area contributed by atoms with E-state index in [4.69, 9.17) is 46.4 Å². The predicted molar refractivity (Wildman–Crippen MR) is 82.9 cm³/mol. The molecule has 0 bridgehead atoms. The Morgan fingerprint density at radius 1 is 0.688 bits per heavy atom. The summed E-state index contributed by atoms with van der Waals surface area (Å²) in [6.07, 6.45) is 0. The van der Waals surface area contributed by atoms with Gasteiger partial charge in [-0.05, 0) is 0 Å². The van der Waals surface area contributed by atoms with Crippen LogP contribution in [0.5, 0.6) is 0 Å². The lowest BCUT2D eigenvalue weighted by Gasteiger charge is -2.08. The van der Waals surface area contributed by atoms with E-state index in [1.54, 1.807) is 0 Å². The van der Waals surface area contributed by atoms with Gasteiger partial charge in [0.15, 0.2) is 0 Å². The van der Waals surface area contributed by atoms with Gasteiger partial charge in [-0.3, -0.25) is 0 Å². The van der Waals surface area contributed by atoms with Crippen molar-refractivity contribution in [2.45, 2.75) is 38.2 Å². The second-order valence-electron chi connectivity index (χ2n) is 3.51. The van der Waals surface area contributed by atoms with E-state index in [-0.39, 0.29) is 0 Å². The molecule has 0 nitrogen and oxygen atoms in total. The molecular weight excluding hydrogens is 326 g/mol. The first kappa shape index (κ1) is 17.3. The number of hydrogen-bond donors (Lipinski definition) is 0. The molecule has 6 heteroatoms. The Balaban J connectivity index is 4.88. The molecule has 0 amide bonds. The summed E-state index contributed by atoms with van der Waals surface area (Å²) in [5.74, 6) is 0. The van der Waals surface area contributed by atoms with Crippen LogP contribution in [-0.2, 0) is 0 Å². The fraction of sp³-hybridized carbons (Fsp3) is 0.600. The quantitative estimate of drug-likeness (QED) is 0.520. The maximum atomic E-state index is 6.04. The lowest BCUT2D eigenvalue weighted by Crippen LogP contribution is -1.89. The summed E-state index contributed by atoms with van der Waals surface area (Å²) in [5, 5.41) is 1.34. The molecule has 0 radical (unpaired) electrons. The molecular formula is C10H14Cl4S2. The third kappa shape index (κ3) is 6.93. The normalized spacial score (nSPS) is 15.4. The van der Waals surface area contributed by atoms with Gasteiger partial charge in [-0.2, -0.15) is 0 Å². The van der Waals surface area contributed by atoms with E-state index < -0.39 is 0 Å². The summed E-state index contributed by atoms with van der Waals surface area (Å²) < 4.78 is 0.952. The van der Waals surface area contributed by atoms with Gasteiger partial charge in [-0.25, -0.2) is 0 Å². The summed E-state index contributed by atoms with van der Waals surface area (Å²) in [6, 6.07) is 0. The van der Waals surface area contributed by atoms with Crippen molar-refractivity contribution in [2.75, 3.05) is 0 Å². The van der Waals surface area contributed by atoms with Crippen molar-refractivity contribution >= 4 is 69.9 Å². The molecule has 0 aromatic heterocycles. The van der Waals surface area contributed by atoms with E-state index in [0.29, 0.717) is 29.3 Å². The van der Waals surface area contributed by atoms with Crippen molar-refractivity contribution in [3.8, 4) is 0 Å². The monoisotopic (exact) mass is 338 g/mol. The standard InChI is InChI=1S/C10H14Cl4S2/c1-5(2)15-9(13)7(11)8(12)10(14)16-6(3)4/h5-6H,1-4H3/b9-7+,10-8+. The first-order chi connectivity index (χ1) is 7.25. The Bertz CT molecular complexity index is 265. The van der Waals surface area contributed by atoms with E-state index >= 15 is 0 Å². The van der Waals surface area contributed by atoms with E-state index in [1.165, 1.54) is 23.5 Å². The zero-order valence-corrected chi connectivity index (χ0v) is 14.1. The number of rotatable bonds is 5. The Morgan fingerprint density at radius 2 is 0.938 bits per heavy atom. The summed E-state index contributed by atoms with van der Waals surface area (Å²) in [4.78, 5) is 0. The Morgan fingerprint density at radius 3 is 1.12 bits per heavy atom. The number of hydrogen-bond acceptors (Lipinski definition) is 2. The third-order valence-corrected chi connectivity index (χ3v) is 5.16. The van der Waals surface area contributed by atoms with E-state index in [9.17, 15) is 0 Å². The fourth-order valence-electron chi connectivity index (χ4n) is 0.690. The molecule has 0 atom stereocenters. The minimum atomic E-state index is 0.320. The molecule has 0 unspecified atom stereocenters. The second-order valence-corrected chi connectivity index (χ2v) is 8.64. The van der Waals surface area contributed by atoms with Gasteiger partial charge in [0.1, 0.15) is 0 Å². The van der Waals surface area contributed by atoms with Crippen LogP contribution >= 0.6 is 69.9 Å². The molecule has 0 saturated heterocycles. The van der Waals surface area contributed by atoms with E-state index in [2.05, 4.69) is 0 Å². The summed E-state index contributed by atoms with van der Waals surface area (Å²) in [5.41, 5.74) is 0. The molecule has 0 aromatic carbocycles. The van der Waals surface area contributed by atoms with Crippen molar-refractivity contribution in [2.24, 2.45) is 0 Å². The van der Waals surface area contributed by atoms with Crippen molar-refractivity contribution in [3.63, 3.8) is 0 Å². The van der Waals surface area contributed by atoms with Crippen LogP contribution in [0.2, 0.25) is 0 Å². The molecule has 0 heterocycles. The van der Waals surface area contributed by atoms with Crippen molar-refractivity contribution in [1.82, 2.24) is 0 Å². The Labute approximate surface area is 126 Å². The molecule has 94 valence electrons. The molecule has 0 aliphatic rings. The van der Waals surface area contributed by atoms with E-state index in [1.807, 2.05) is 27.7 Å². The highest BCUT2D eigenvalue weighted by Crippen LogP contribution is 2.40. The lowest BCUT2D eigenvalue weighted by atomic mass is 10.6. The first-order valence-corrected chi connectivity index (χ1v) is 7.97. The molecule has 0 aliphatic heterocycles. The van der Waals surface area contributed by atoms with Gasteiger partial charge in [0.05, 0.1) is 18.8 Å². The maximum absolute atomic E-state index is 6.04. The average Bonchev–Trinajstić information content (AvgIpc) is 2.13. The molecule has 0 N–H and O–H groups in total. The van der Waals surface area contributed by atoms with Crippen molar-refractivity contribution in [1.29, 1.82) is 0 Å². The Kier molecular flexibility index (Phi) is 9.15. The highest BCUT2D eigenvalue weighted by Gasteiger charge is 2.13. The van der Waals surface area contributed by atoms with Crippen LogP contribution in [0, 0.1) is 0 Å². The van der Waals surface area contributed by atoms with E-state index in [0.717, 1.165) is 0 Å². The minimum absolute atomic E-state index is 0.320. The largest absolute Gasteiger partial charge is 0.110 e. The van der Waals surface area contributed by atoms with Gasteiger partial charge < -0.3 is 0 Å². The average molecular weight is 340 g/mol. The van der Waals surface area contributed by atoms with Gasteiger partial charge in [0, 0.05) is 10.5 Å². The lowest BCUT2D eigenvalue weighted by molar-refractivity contribution is 1.12.